The topological polar surface area (TPSA) is 83.8 Å². The lowest BCUT2D eigenvalue weighted by atomic mass is 10.1. The number of carbonyl (C=O) groups is 1. The molecule has 3 heterocycles. The van der Waals surface area contributed by atoms with Crippen LogP contribution in [-0.4, -0.2) is 58.0 Å². The molecule has 10 heteroatoms. The normalized spacial score (nSPS) is 13.9. The molecule has 1 saturated heterocycles. The van der Waals surface area contributed by atoms with Crippen molar-refractivity contribution in [3.63, 3.8) is 0 Å². The first-order chi connectivity index (χ1) is 17.0. The lowest BCUT2D eigenvalue weighted by Gasteiger charge is -2.28. The zero-order valence-electron chi connectivity index (χ0n) is 19.0. The van der Waals surface area contributed by atoms with Gasteiger partial charge in [-0.3, -0.25) is 9.20 Å². The molecule has 4 aromatic rings. The van der Waals surface area contributed by atoms with Gasteiger partial charge in [0.1, 0.15) is 5.75 Å². The predicted octanol–water partition coefficient (Wildman–Crippen LogP) is 4.10. The Balaban J connectivity index is 1.38. The first-order valence-corrected chi connectivity index (χ1v) is 11.2. The van der Waals surface area contributed by atoms with E-state index in [9.17, 15) is 13.6 Å². The Bertz CT molecular complexity index is 1350. The number of nitrogens with one attached hydrogen (secondary N) is 2. The molecule has 2 aromatic carbocycles. The number of aryl methyl sites for hydroxylation is 1. The molecular weight excluding hydrogens is 454 g/mol. The Morgan fingerprint density at radius 2 is 1.89 bits per heavy atom. The van der Waals surface area contributed by atoms with E-state index in [-0.39, 0.29) is 11.7 Å². The average Bonchev–Trinajstić information content (AvgIpc) is 3.30. The first kappa shape index (κ1) is 22.7. The zero-order chi connectivity index (χ0) is 24.4. The van der Waals surface area contributed by atoms with Crippen molar-refractivity contribution in [1.82, 2.24) is 24.6 Å². The molecule has 5 rings (SSSR count). The molecule has 2 N–H and O–H groups in total. The summed E-state index contributed by atoms with van der Waals surface area (Å²) >= 11 is 0. The lowest BCUT2D eigenvalue weighted by molar-refractivity contribution is -0.0498. The van der Waals surface area contributed by atoms with Gasteiger partial charge < -0.3 is 20.3 Å². The van der Waals surface area contributed by atoms with Crippen LogP contribution in [0.3, 0.4) is 0 Å². The van der Waals surface area contributed by atoms with Crippen molar-refractivity contribution >= 4 is 23.1 Å². The molecule has 180 valence electrons. The van der Waals surface area contributed by atoms with Crippen molar-refractivity contribution in [1.29, 1.82) is 0 Å². The molecule has 0 radical (unpaired) electrons. The van der Waals surface area contributed by atoms with Gasteiger partial charge in [-0.1, -0.05) is 0 Å². The monoisotopic (exact) mass is 478 g/mol. The molecule has 0 spiro atoms. The highest BCUT2D eigenvalue weighted by Gasteiger charge is 2.20. The SMILES string of the molecule is Cc1cc(Nc2nccn3c(-c4ccc(OC(F)F)cc4)cnc23)ccc1C(=O)N1CCNCC1. The standard InChI is InChI=1S/C25H24F2N6O2/c1-16-14-18(4-7-20(16)24(34)32-11-8-28-9-12-32)31-22-23-30-15-21(33(23)13-10-29-22)17-2-5-19(6-3-17)35-25(26)27/h2-7,10,13-15,25,28H,8-9,11-12H2,1H3,(H,29,31). The van der Waals surface area contributed by atoms with Crippen molar-refractivity contribution in [2.75, 3.05) is 31.5 Å². The Hall–Kier alpha value is -4.05. The Kier molecular flexibility index (Phi) is 6.28. The summed E-state index contributed by atoms with van der Waals surface area (Å²) in [5.74, 6) is 0.687. The molecule has 1 amide bonds. The summed E-state index contributed by atoms with van der Waals surface area (Å²) < 4.78 is 31.1. The second kappa shape index (κ2) is 9.67. The van der Waals surface area contributed by atoms with Gasteiger partial charge in [0, 0.05) is 55.4 Å². The largest absolute Gasteiger partial charge is 0.435 e. The van der Waals surface area contributed by atoms with Crippen LogP contribution in [0, 0.1) is 6.92 Å². The summed E-state index contributed by atoms with van der Waals surface area (Å²) in [5.41, 5.74) is 4.53. The number of nitrogens with zero attached hydrogens (tertiary/aromatic N) is 4. The molecule has 35 heavy (non-hydrogen) atoms. The minimum atomic E-state index is -2.87. The van der Waals surface area contributed by atoms with E-state index in [1.807, 2.05) is 34.4 Å². The number of hydrogen-bond acceptors (Lipinski definition) is 6. The number of carbonyl (C=O) groups excluding carboxylic acids is 1. The Morgan fingerprint density at radius 1 is 1.11 bits per heavy atom. The number of imidazole rings is 1. The van der Waals surface area contributed by atoms with E-state index in [1.165, 1.54) is 12.1 Å². The third-order valence-electron chi connectivity index (χ3n) is 5.93. The third kappa shape index (κ3) is 4.78. The number of rotatable bonds is 6. The fraction of sp³-hybridized carbons (Fsp3) is 0.240. The number of halogens is 2. The maximum absolute atomic E-state index is 12.9. The van der Waals surface area contributed by atoms with Crippen LogP contribution >= 0.6 is 0 Å². The zero-order valence-corrected chi connectivity index (χ0v) is 19.0. The maximum Gasteiger partial charge on any atom is 0.387 e. The highest BCUT2D eigenvalue weighted by Crippen LogP contribution is 2.28. The van der Waals surface area contributed by atoms with Gasteiger partial charge in [0.2, 0.25) is 0 Å². The summed E-state index contributed by atoms with van der Waals surface area (Å²) in [6.45, 7) is 2.07. The Morgan fingerprint density at radius 3 is 2.60 bits per heavy atom. The highest BCUT2D eigenvalue weighted by molar-refractivity contribution is 5.96. The van der Waals surface area contributed by atoms with Gasteiger partial charge in [0.05, 0.1) is 11.9 Å². The summed E-state index contributed by atoms with van der Waals surface area (Å²) in [4.78, 5) is 23.7. The van der Waals surface area contributed by atoms with Crippen molar-refractivity contribution < 1.29 is 18.3 Å². The smallest absolute Gasteiger partial charge is 0.387 e. The van der Waals surface area contributed by atoms with Gasteiger partial charge in [0.25, 0.3) is 5.91 Å². The van der Waals surface area contributed by atoms with E-state index in [4.69, 9.17) is 0 Å². The molecule has 0 atom stereocenters. The molecule has 0 bridgehead atoms. The van der Waals surface area contributed by atoms with Crippen LogP contribution in [0.25, 0.3) is 16.9 Å². The molecular formula is C25H24F2N6O2. The minimum absolute atomic E-state index is 0.0404. The first-order valence-electron chi connectivity index (χ1n) is 11.2. The quantitative estimate of drug-likeness (QED) is 0.434. The predicted molar refractivity (Wildman–Crippen MR) is 128 cm³/mol. The molecule has 2 aromatic heterocycles. The van der Waals surface area contributed by atoms with Gasteiger partial charge in [0.15, 0.2) is 11.5 Å². The highest BCUT2D eigenvalue weighted by atomic mass is 19.3. The van der Waals surface area contributed by atoms with E-state index in [0.29, 0.717) is 30.1 Å². The fourth-order valence-corrected chi connectivity index (χ4v) is 4.18. The van der Waals surface area contributed by atoms with Gasteiger partial charge in [-0.05, 0) is 55.0 Å². The van der Waals surface area contributed by atoms with Crippen molar-refractivity contribution in [3.05, 3.63) is 72.2 Å². The second-order valence-corrected chi connectivity index (χ2v) is 8.21. The number of hydrogen-bond donors (Lipinski definition) is 2. The summed E-state index contributed by atoms with van der Waals surface area (Å²) in [6, 6.07) is 12.0. The van der Waals surface area contributed by atoms with Crippen molar-refractivity contribution in [2.45, 2.75) is 13.5 Å². The van der Waals surface area contributed by atoms with Gasteiger partial charge >= 0.3 is 6.61 Å². The second-order valence-electron chi connectivity index (χ2n) is 8.21. The van der Waals surface area contributed by atoms with E-state index < -0.39 is 6.61 Å². The summed E-state index contributed by atoms with van der Waals surface area (Å²) in [6.07, 6.45) is 5.14. The van der Waals surface area contributed by atoms with E-state index in [0.717, 1.165) is 35.6 Å². The number of amides is 1. The lowest BCUT2D eigenvalue weighted by Crippen LogP contribution is -2.46. The van der Waals surface area contributed by atoms with Crippen LogP contribution in [0.15, 0.2) is 61.1 Å². The molecule has 1 aliphatic heterocycles. The third-order valence-corrected chi connectivity index (χ3v) is 5.93. The molecule has 8 nitrogen and oxygen atoms in total. The van der Waals surface area contributed by atoms with Gasteiger partial charge in [-0.15, -0.1) is 0 Å². The summed E-state index contributed by atoms with van der Waals surface area (Å²) in [7, 11) is 0. The van der Waals surface area contributed by atoms with Crippen LogP contribution in [0.1, 0.15) is 15.9 Å². The molecule has 1 aliphatic rings. The molecule has 1 fully saturated rings. The number of anilines is 2. The molecule has 0 unspecified atom stereocenters. The van der Waals surface area contributed by atoms with Gasteiger partial charge in [-0.2, -0.15) is 8.78 Å². The van der Waals surface area contributed by atoms with Crippen LogP contribution in [0.4, 0.5) is 20.3 Å². The number of alkyl halides is 2. The van der Waals surface area contributed by atoms with E-state index in [2.05, 4.69) is 25.3 Å². The van der Waals surface area contributed by atoms with Crippen molar-refractivity contribution in [3.8, 4) is 17.0 Å². The number of piperazine rings is 1. The van der Waals surface area contributed by atoms with E-state index in [1.54, 1.807) is 30.7 Å². The van der Waals surface area contributed by atoms with E-state index >= 15 is 0 Å². The van der Waals surface area contributed by atoms with Crippen LogP contribution in [-0.2, 0) is 0 Å². The average molecular weight is 479 g/mol. The fourth-order valence-electron chi connectivity index (χ4n) is 4.18. The summed E-state index contributed by atoms with van der Waals surface area (Å²) in [5, 5.41) is 6.55. The van der Waals surface area contributed by atoms with Crippen LogP contribution in [0.5, 0.6) is 5.75 Å². The Labute approximate surface area is 200 Å². The maximum atomic E-state index is 12.9. The van der Waals surface area contributed by atoms with Crippen molar-refractivity contribution in [2.24, 2.45) is 0 Å². The number of aromatic nitrogens is 3. The van der Waals surface area contributed by atoms with Gasteiger partial charge in [-0.25, -0.2) is 9.97 Å². The minimum Gasteiger partial charge on any atom is -0.435 e. The van der Waals surface area contributed by atoms with Crippen LogP contribution < -0.4 is 15.4 Å². The molecule has 0 saturated carbocycles. The number of fused-ring (bicyclic) bond motifs is 1. The molecule has 0 aliphatic carbocycles. The number of benzene rings is 2. The number of ether oxygens (including phenoxy) is 1. The van der Waals surface area contributed by atoms with Crippen LogP contribution in [0.2, 0.25) is 0 Å².